The van der Waals surface area contributed by atoms with E-state index >= 15 is 0 Å². The minimum absolute atomic E-state index is 0.0344. The second-order valence-electron chi connectivity index (χ2n) is 8.42. The fourth-order valence-corrected chi connectivity index (χ4v) is 5.22. The summed E-state index contributed by atoms with van der Waals surface area (Å²) in [5, 5.41) is 2.93. The highest BCUT2D eigenvalue weighted by Gasteiger charge is 2.35. The molecule has 2 aliphatic rings. The van der Waals surface area contributed by atoms with Crippen LogP contribution in [0.2, 0.25) is 0 Å². The maximum atomic E-state index is 13.1. The zero-order chi connectivity index (χ0) is 22.8. The van der Waals surface area contributed by atoms with Crippen molar-refractivity contribution in [2.45, 2.75) is 51.2 Å². The lowest BCUT2D eigenvalue weighted by Gasteiger charge is -2.34. The molecule has 0 N–H and O–H groups in total. The van der Waals surface area contributed by atoms with Gasteiger partial charge < -0.3 is 9.47 Å². The number of thiazole rings is 1. The molecule has 1 saturated carbocycles. The molecule has 1 atom stereocenters. The van der Waals surface area contributed by atoms with Crippen LogP contribution < -0.4 is 9.64 Å². The number of anilines is 1. The van der Waals surface area contributed by atoms with Crippen molar-refractivity contribution in [3.8, 4) is 27.6 Å². The van der Waals surface area contributed by atoms with Gasteiger partial charge in [0.15, 0.2) is 6.10 Å². The number of hydrogen-bond acceptors (Lipinski definition) is 6. The van der Waals surface area contributed by atoms with E-state index in [-0.39, 0.29) is 24.5 Å². The average molecular weight is 463 g/mol. The van der Waals surface area contributed by atoms with Gasteiger partial charge in [-0.25, -0.2) is 4.98 Å². The molecule has 1 aromatic heterocycles. The van der Waals surface area contributed by atoms with Crippen molar-refractivity contribution in [1.29, 1.82) is 0 Å². The van der Waals surface area contributed by atoms with E-state index < -0.39 is 6.10 Å². The fraction of sp³-hybridized carbons (Fsp3) is 0.346. The lowest BCUT2D eigenvalue weighted by molar-refractivity contribution is -0.148. The molecule has 2 heterocycles. The monoisotopic (exact) mass is 462 g/mol. The summed E-state index contributed by atoms with van der Waals surface area (Å²) in [5.41, 5.74) is 3.33. The van der Waals surface area contributed by atoms with Crippen molar-refractivity contribution < 1.29 is 19.1 Å². The molecule has 1 unspecified atom stereocenters. The SMILES string of the molecule is CCC1Oc2ccc(-c3csc(-c4ccccc4)n3)cc2N(CC(=O)OC2CCCC2)C1=O. The summed E-state index contributed by atoms with van der Waals surface area (Å²) in [6, 6.07) is 15.7. The number of nitrogens with zero attached hydrogens (tertiary/aromatic N) is 2. The highest BCUT2D eigenvalue weighted by Crippen LogP contribution is 2.39. The zero-order valence-electron chi connectivity index (χ0n) is 18.5. The summed E-state index contributed by atoms with van der Waals surface area (Å²) in [5.74, 6) is 0.00883. The highest BCUT2D eigenvalue weighted by molar-refractivity contribution is 7.13. The third-order valence-electron chi connectivity index (χ3n) is 6.14. The Bertz CT molecular complexity index is 1150. The van der Waals surface area contributed by atoms with Gasteiger partial charge in [0.2, 0.25) is 0 Å². The van der Waals surface area contributed by atoms with E-state index in [9.17, 15) is 9.59 Å². The Kier molecular flexibility index (Phi) is 6.13. The minimum Gasteiger partial charge on any atom is -0.478 e. The predicted molar refractivity (Wildman–Crippen MR) is 128 cm³/mol. The lowest BCUT2D eigenvalue weighted by Crippen LogP contribution is -2.48. The molecule has 7 heteroatoms. The molecular weight excluding hydrogens is 436 g/mol. The third kappa shape index (κ3) is 4.50. The van der Waals surface area contributed by atoms with Crippen LogP contribution in [0.4, 0.5) is 5.69 Å². The normalized spacial score (nSPS) is 18.2. The van der Waals surface area contributed by atoms with Crippen molar-refractivity contribution in [2.75, 3.05) is 11.4 Å². The minimum atomic E-state index is -0.605. The van der Waals surface area contributed by atoms with Gasteiger partial charge in [-0.2, -0.15) is 0 Å². The van der Waals surface area contributed by atoms with E-state index in [1.807, 2.05) is 60.8 Å². The first-order chi connectivity index (χ1) is 16.1. The van der Waals surface area contributed by atoms with Crippen LogP contribution in [-0.4, -0.2) is 35.6 Å². The molecule has 3 aromatic rings. The maximum Gasteiger partial charge on any atom is 0.326 e. The van der Waals surface area contributed by atoms with Crippen LogP contribution in [0.25, 0.3) is 21.8 Å². The van der Waals surface area contributed by atoms with Gasteiger partial charge in [0.1, 0.15) is 23.4 Å². The van der Waals surface area contributed by atoms with Crippen LogP contribution in [0, 0.1) is 0 Å². The van der Waals surface area contributed by atoms with Gasteiger partial charge >= 0.3 is 5.97 Å². The molecule has 0 radical (unpaired) electrons. The molecule has 33 heavy (non-hydrogen) atoms. The Morgan fingerprint density at radius 2 is 1.94 bits per heavy atom. The van der Waals surface area contributed by atoms with E-state index in [0.29, 0.717) is 17.9 Å². The van der Waals surface area contributed by atoms with Gasteiger partial charge in [-0.1, -0.05) is 37.3 Å². The van der Waals surface area contributed by atoms with Crippen LogP contribution in [0.1, 0.15) is 39.0 Å². The second-order valence-corrected chi connectivity index (χ2v) is 9.28. The maximum absolute atomic E-state index is 13.1. The third-order valence-corrected chi connectivity index (χ3v) is 7.03. The first-order valence-electron chi connectivity index (χ1n) is 11.4. The molecule has 1 aliphatic heterocycles. The van der Waals surface area contributed by atoms with Crippen LogP contribution in [0.3, 0.4) is 0 Å². The van der Waals surface area contributed by atoms with Crippen molar-refractivity contribution in [2.24, 2.45) is 0 Å². The number of hydrogen-bond donors (Lipinski definition) is 0. The van der Waals surface area contributed by atoms with Gasteiger partial charge in [0.05, 0.1) is 11.4 Å². The molecule has 0 bridgehead atoms. The summed E-state index contributed by atoms with van der Waals surface area (Å²) in [6.07, 6.45) is 3.85. The Labute approximate surface area is 197 Å². The van der Waals surface area contributed by atoms with Gasteiger partial charge in [-0.15, -0.1) is 11.3 Å². The number of fused-ring (bicyclic) bond motifs is 1. The van der Waals surface area contributed by atoms with Crippen molar-refractivity contribution >= 4 is 28.9 Å². The Balaban J connectivity index is 1.43. The second kappa shape index (κ2) is 9.35. The molecule has 5 rings (SSSR count). The van der Waals surface area contributed by atoms with Gasteiger partial charge in [-0.05, 0) is 50.3 Å². The molecule has 1 fully saturated rings. The molecule has 2 aromatic carbocycles. The van der Waals surface area contributed by atoms with Crippen LogP contribution in [0.15, 0.2) is 53.9 Å². The molecule has 1 aliphatic carbocycles. The van der Waals surface area contributed by atoms with E-state index in [0.717, 1.165) is 47.5 Å². The summed E-state index contributed by atoms with van der Waals surface area (Å²) < 4.78 is 11.6. The van der Waals surface area contributed by atoms with E-state index in [1.54, 1.807) is 11.3 Å². The molecule has 1 amide bonds. The Morgan fingerprint density at radius 1 is 1.15 bits per heavy atom. The topological polar surface area (TPSA) is 68.7 Å². The fourth-order valence-electron chi connectivity index (χ4n) is 4.38. The lowest BCUT2D eigenvalue weighted by atomic mass is 10.1. The largest absolute Gasteiger partial charge is 0.478 e. The number of benzene rings is 2. The van der Waals surface area contributed by atoms with E-state index in [1.165, 1.54) is 4.90 Å². The Morgan fingerprint density at radius 3 is 2.70 bits per heavy atom. The van der Waals surface area contributed by atoms with E-state index in [2.05, 4.69) is 0 Å². The first kappa shape index (κ1) is 21.6. The summed E-state index contributed by atoms with van der Waals surface area (Å²) in [6.45, 7) is 1.79. The number of amides is 1. The smallest absolute Gasteiger partial charge is 0.326 e. The van der Waals surface area contributed by atoms with Gasteiger partial charge in [0.25, 0.3) is 5.91 Å². The van der Waals surface area contributed by atoms with E-state index in [4.69, 9.17) is 14.5 Å². The molecule has 170 valence electrons. The number of aromatic nitrogens is 1. The summed E-state index contributed by atoms with van der Waals surface area (Å²) in [4.78, 5) is 32.1. The molecule has 0 spiro atoms. The van der Waals surface area contributed by atoms with Crippen molar-refractivity contribution in [3.05, 3.63) is 53.9 Å². The van der Waals surface area contributed by atoms with Gasteiger partial charge in [-0.3, -0.25) is 14.5 Å². The zero-order valence-corrected chi connectivity index (χ0v) is 19.3. The molecular formula is C26H26N2O4S. The quantitative estimate of drug-likeness (QED) is 0.455. The summed E-state index contributed by atoms with van der Waals surface area (Å²) >= 11 is 1.57. The number of carbonyl (C=O) groups excluding carboxylic acids is 2. The number of ether oxygens (including phenoxy) is 2. The number of carbonyl (C=O) groups is 2. The number of rotatable bonds is 6. The Hall–Kier alpha value is -3.19. The van der Waals surface area contributed by atoms with Crippen LogP contribution in [-0.2, 0) is 14.3 Å². The molecule has 0 saturated heterocycles. The van der Waals surface area contributed by atoms with Crippen LogP contribution >= 0.6 is 11.3 Å². The average Bonchev–Trinajstić information content (AvgIpc) is 3.53. The predicted octanol–water partition coefficient (Wildman–Crippen LogP) is 5.47. The van der Waals surface area contributed by atoms with Crippen molar-refractivity contribution in [1.82, 2.24) is 4.98 Å². The van der Waals surface area contributed by atoms with Crippen molar-refractivity contribution in [3.63, 3.8) is 0 Å². The first-order valence-corrected chi connectivity index (χ1v) is 12.3. The van der Waals surface area contributed by atoms with Gasteiger partial charge in [0, 0.05) is 16.5 Å². The molecule has 6 nitrogen and oxygen atoms in total. The standard InChI is InChI=1S/C26H26N2O4S/c1-2-22-26(30)28(15-24(29)31-19-10-6-7-11-19)21-14-18(12-13-23(21)32-22)20-16-33-25(27-20)17-8-4-3-5-9-17/h3-5,8-9,12-14,16,19,22H,2,6-7,10-11,15H2,1H3. The summed E-state index contributed by atoms with van der Waals surface area (Å²) in [7, 11) is 0. The van der Waals surface area contributed by atoms with Crippen LogP contribution in [0.5, 0.6) is 5.75 Å². The highest BCUT2D eigenvalue weighted by atomic mass is 32.1. The number of esters is 1.